The summed E-state index contributed by atoms with van der Waals surface area (Å²) < 4.78 is 6.98. The Morgan fingerprint density at radius 1 is 1.16 bits per heavy atom. The monoisotopic (exact) mass is 428 g/mol. The van der Waals surface area contributed by atoms with Crippen LogP contribution < -0.4 is 15.0 Å². The van der Waals surface area contributed by atoms with Gasteiger partial charge in [-0.25, -0.2) is 9.50 Å². The number of fused-ring (bicyclic) bond motifs is 1. The molecule has 0 aliphatic carbocycles. The van der Waals surface area contributed by atoms with Gasteiger partial charge in [-0.3, -0.25) is 9.78 Å². The van der Waals surface area contributed by atoms with Crippen molar-refractivity contribution in [2.75, 3.05) is 25.1 Å². The summed E-state index contributed by atoms with van der Waals surface area (Å²) in [6.07, 6.45) is 5.17. The summed E-state index contributed by atoms with van der Waals surface area (Å²) in [7, 11) is 1.62. The Labute approximate surface area is 185 Å². The third-order valence-corrected chi connectivity index (χ3v) is 5.79. The standard InChI is InChI=1S/C24H24N6O2/c1-16-3-5-17(6-4-16)10-26-24(31)19-12-29(13-19)23-22-9-18(14-30(22)28-15-27-23)21-8-7-20(32-2)11-25-21/h3-9,11,14-15,19H,10,12-13H2,1-2H3,(H,26,31). The van der Waals surface area contributed by atoms with E-state index in [-0.39, 0.29) is 11.8 Å². The minimum Gasteiger partial charge on any atom is -0.495 e. The fraction of sp³-hybridized carbons (Fsp3) is 0.250. The molecule has 4 heterocycles. The number of ether oxygens (including phenoxy) is 1. The highest BCUT2D eigenvalue weighted by Crippen LogP contribution is 2.30. The summed E-state index contributed by atoms with van der Waals surface area (Å²) in [6, 6.07) is 14.0. The van der Waals surface area contributed by atoms with E-state index in [0.717, 1.165) is 28.2 Å². The zero-order valence-corrected chi connectivity index (χ0v) is 18.0. The Balaban J connectivity index is 1.26. The van der Waals surface area contributed by atoms with Gasteiger partial charge in [-0.2, -0.15) is 5.10 Å². The van der Waals surface area contributed by atoms with Gasteiger partial charge in [0.15, 0.2) is 5.82 Å². The zero-order chi connectivity index (χ0) is 22.1. The van der Waals surface area contributed by atoms with Crippen LogP contribution in [-0.2, 0) is 11.3 Å². The van der Waals surface area contributed by atoms with E-state index in [1.165, 1.54) is 5.56 Å². The first-order valence-corrected chi connectivity index (χ1v) is 10.5. The van der Waals surface area contributed by atoms with Gasteiger partial charge in [-0.15, -0.1) is 0 Å². The first kappa shape index (κ1) is 20.0. The van der Waals surface area contributed by atoms with Gasteiger partial charge < -0.3 is 15.0 Å². The van der Waals surface area contributed by atoms with E-state index in [9.17, 15) is 4.79 Å². The van der Waals surface area contributed by atoms with Gasteiger partial charge in [-0.05, 0) is 30.7 Å². The van der Waals surface area contributed by atoms with Gasteiger partial charge in [0.2, 0.25) is 5.91 Å². The molecule has 1 saturated heterocycles. The molecule has 0 bridgehead atoms. The summed E-state index contributed by atoms with van der Waals surface area (Å²) in [5, 5.41) is 7.38. The van der Waals surface area contributed by atoms with E-state index < -0.39 is 0 Å². The zero-order valence-electron chi connectivity index (χ0n) is 18.0. The van der Waals surface area contributed by atoms with Crippen LogP contribution in [0, 0.1) is 12.8 Å². The number of aryl methyl sites for hydroxylation is 1. The molecule has 1 N–H and O–H groups in total. The number of nitrogens with zero attached hydrogens (tertiary/aromatic N) is 5. The SMILES string of the molecule is COc1ccc(-c2cc3c(N4CC(C(=O)NCc5ccc(C)cc5)C4)ncnn3c2)nc1. The molecule has 1 amide bonds. The fourth-order valence-corrected chi connectivity index (χ4v) is 3.83. The number of nitrogens with one attached hydrogen (secondary N) is 1. The van der Waals surface area contributed by atoms with Crippen LogP contribution in [0.25, 0.3) is 16.8 Å². The van der Waals surface area contributed by atoms with Gasteiger partial charge in [0.25, 0.3) is 0 Å². The van der Waals surface area contributed by atoms with E-state index in [1.807, 2.05) is 36.5 Å². The summed E-state index contributed by atoms with van der Waals surface area (Å²) in [6.45, 7) is 3.86. The lowest BCUT2D eigenvalue weighted by molar-refractivity contribution is -0.125. The molecule has 8 nitrogen and oxygen atoms in total. The molecule has 3 aromatic heterocycles. The number of benzene rings is 1. The van der Waals surface area contributed by atoms with Crippen molar-refractivity contribution < 1.29 is 9.53 Å². The van der Waals surface area contributed by atoms with E-state index in [2.05, 4.69) is 44.3 Å². The maximum Gasteiger partial charge on any atom is 0.226 e. The highest BCUT2D eigenvalue weighted by atomic mass is 16.5. The highest BCUT2D eigenvalue weighted by Gasteiger charge is 2.34. The number of hydrogen-bond acceptors (Lipinski definition) is 6. The van der Waals surface area contributed by atoms with Crippen LogP contribution in [0.5, 0.6) is 5.75 Å². The second-order valence-electron chi connectivity index (χ2n) is 8.03. The molecule has 5 rings (SSSR count). The topological polar surface area (TPSA) is 84.6 Å². The van der Waals surface area contributed by atoms with Gasteiger partial charge in [0, 0.05) is 31.4 Å². The number of rotatable bonds is 6. The van der Waals surface area contributed by atoms with E-state index >= 15 is 0 Å². The Kier molecular flexibility index (Phi) is 5.18. The van der Waals surface area contributed by atoms with Gasteiger partial charge >= 0.3 is 0 Å². The van der Waals surface area contributed by atoms with Crippen molar-refractivity contribution in [2.24, 2.45) is 5.92 Å². The Bertz CT molecular complexity index is 1240. The van der Waals surface area contributed by atoms with Crippen LogP contribution in [0.3, 0.4) is 0 Å². The number of hydrogen-bond donors (Lipinski definition) is 1. The summed E-state index contributed by atoms with van der Waals surface area (Å²) in [5.74, 6) is 1.56. The average Bonchev–Trinajstić information content (AvgIpc) is 3.23. The van der Waals surface area contributed by atoms with Crippen molar-refractivity contribution in [3.63, 3.8) is 0 Å². The Hall–Kier alpha value is -3.94. The minimum absolute atomic E-state index is 0.0480. The lowest BCUT2D eigenvalue weighted by Gasteiger charge is -2.39. The lowest BCUT2D eigenvalue weighted by atomic mass is 9.99. The largest absolute Gasteiger partial charge is 0.495 e. The van der Waals surface area contributed by atoms with Gasteiger partial charge in [0.1, 0.15) is 17.6 Å². The number of carbonyl (C=O) groups excluding carboxylic acids is 1. The van der Waals surface area contributed by atoms with Crippen molar-refractivity contribution in [2.45, 2.75) is 13.5 Å². The smallest absolute Gasteiger partial charge is 0.226 e. The van der Waals surface area contributed by atoms with Crippen molar-refractivity contribution >= 4 is 17.2 Å². The predicted molar refractivity (Wildman–Crippen MR) is 121 cm³/mol. The molecule has 1 aromatic carbocycles. The van der Waals surface area contributed by atoms with Crippen molar-refractivity contribution in [3.8, 4) is 17.0 Å². The van der Waals surface area contributed by atoms with E-state index in [0.29, 0.717) is 25.4 Å². The van der Waals surface area contributed by atoms with Gasteiger partial charge in [0.05, 0.1) is 24.9 Å². The van der Waals surface area contributed by atoms with Crippen LogP contribution >= 0.6 is 0 Å². The number of amides is 1. The maximum atomic E-state index is 12.6. The minimum atomic E-state index is -0.0480. The third kappa shape index (κ3) is 3.87. The second kappa shape index (κ2) is 8.30. The fourth-order valence-electron chi connectivity index (χ4n) is 3.83. The molecular formula is C24H24N6O2. The molecule has 1 aliphatic heterocycles. The number of aromatic nitrogens is 4. The predicted octanol–water partition coefficient (Wildman–Crippen LogP) is 2.86. The van der Waals surface area contributed by atoms with Crippen molar-refractivity contribution in [1.82, 2.24) is 24.9 Å². The second-order valence-corrected chi connectivity index (χ2v) is 8.03. The molecule has 32 heavy (non-hydrogen) atoms. The molecule has 0 atom stereocenters. The quantitative estimate of drug-likeness (QED) is 0.508. The molecule has 0 saturated carbocycles. The first-order valence-electron chi connectivity index (χ1n) is 10.5. The molecule has 0 radical (unpaired) electrons. The first-order chi connectivity index (χ1) is 15.6. The van der Waals surface area contributed by atoms with Crippen LogP contribution in [0.15, 0.2) is 61.2 Å². The van der Waals surface area contributed by atoms with Crippen molar-refractivity contribution in [3.05, 3.63) is 72.3 Å². The Morgan fingerprint density at radius 3 is 2.69 bits per heavy atom. The lowest BCUT2D eigenvalue weighted by Crippen LogP contribution is -2.54. The summed E-state index contributed by atoms with van der Waals surface area (Å²) in [4.78, 5) is 23.6. The number of methoxy groups -OCH3 is 1. The van der Waals surface area contributed by atoms with Crippen LogP contribution in [0.4, 0.5) is 5.82 Å². The molecule has 0 spiro atoms. The highest BCUT2D eigenvalue weighted by molar-refractivity contribution is 5.84. The maximum absolute atomic E-state index is 12.6. The van der Waals surface area contributed by atoms with Crippen LogP contribution in [0.2, 0.25) is 0 Å². The van der Waals surface area contributed by atoms with E-state index in [4.69, 9.17) is 4.74 Å². The third-order valence-electron chi connectivity index (χ3n) is 5.79. The molecule has 162 valence electrons. The number of pyridine rings is 1. The summed E-state index contributed by atoms with van der Waals surface area (Å²) >= 11 is 0. The Morgan fingerprint density at radius 2 is 1.97 bits per heavy atom. The normalized spacial score (nSPS) is 13.8. The molecule has 8 heteroatoms. The van der Waals surface area contributed by atoms with Gasteiger partial charge in [-0.1, -0.05) is 29.8 Å². The number of carbonyl (C=O) groups is 1. The molecule has 4 aromatic rings. The average molecular weight is 428 g/mol. The van der Waals surface area contributed by atoms with E-state index in [1.54, 1.807) is 24.1 Å². The number of anilines is 1. The molecular weight excluding hydrogens is 404 g/mol. The van der Waals surface area contributed by atoms with Crippen LogP contribution in [0.1, 0.15) is 11.1 Å². The molecule has 1 fully saturated rings. The van der Waals surface area contributed by atoms with Crippen molar-refractivity contribution in [1.29, 1.82) is 0 Å². The molecule has 1 aliphatic rings. The summed E-state index contributed by atoms with van der Waals surface area (Å²) in [5.41, 5.74) is 4.98. The van der Waals surface area contributed by atoms with Crippen LogP contribution in [-0.4, -0.2) is 45.7 Å². The molecule has 0 unspecified atom stereocenters.